The molecule has 2 heterocycles. The van der Waals surface area contributed by atoms with Crippen LogP contribution in [0.4, 0.5) is 5.69 Å². The number of aromatic hydroxyl groups is 1. The van der Waals surface area contributed by atoms with Gasteiger partial charge in [0.15, 0.2) is 0 Å². The molecule has 160 valence electrons. The Balaban J connectivity index is 1.44. The van der Waals surface area contributed by atoms with Crippen molar-refractivity contribution in [1.82, 2.24) is 9.88 Å². The highest BCUT2D eigenvalue weighted by Crippen LogP contribution is 2.27. The van der Waals surface area contributed by atoms with E-state index < -0.39 is 0 Å². The fourth-order valence-electron chi connectivity index (χ4n) is 4.25. The highest BCUT2D eigenvalue weighted by atomic mass is 16.3. The van der Waals surface area contributed by atoms with Gasteiger partial charge in [-0.2, -0.15) is 0 Å². The van der Waals surface area contributed by atoms with E-state index in [4.69, 9.17) is 4.98 Å². The molecule has 1 aliphatic heterocycles. The molecule has 0 spiro atoms. The molecule has 3 aromatic carbocycles. The second kappa shape index (κ2) is 8.35. The van der Waals surface area contributed by atoms with E-state index in [9.17, 15) is 9.90 Å². The molecule has 1 aliphatic rings. The van der Waals surface area contributed by atoms with Gasteiger partial charge in [-0.25, -0.2) is 4.98 Å². The first kappa shape index (κ1) is 20.1. The van der Waals surface area contributed by atoms with Crippen molar-refractivity contribution in [3.8, 4) is 17.0 Å². The molecule has 0 atom stereocenters. The molecular formula is C27H25N3O2. The number of hydrogen-bond donors (Lipinski definition) is 1. The second-order valence-electron chi connectivity index (χ2n) is 8.24. The number of aromatic nitrogens is 1. The summed E-state index contributed by atoms with van der Waals surface area (Å²) in [6.07, 6.45) is 0. The van der Waals surface area contributed by atoms with E-state index in [0.717, 1.165) is 40.9 Å². The number of hydrogen-bond acceptors (Lipinski definition) is 4. The van der Waals surface area contributed by atoms with Gasteiger partial charge in [0.2, 0.25) is 0 Å². The molecule has 5 heteroatoms. The monoisotopic (exact) mass is 423 g/mol. The molecule has 1 saturated heterocycles. The van der Waals surface area contributed by atoms with Crippen molar-refractivity contribution >= 4 is 22.5 Å². The van der Waals surface area contributed by atoms with E-state index in [0.29, 0.717) is 18.7 Å². The summed E-state index contributed by atoms with van der Waals surface area (Å²) in [4.78, 5) is 22.5. The number of amides is 1. The quantitative estimate of drug-likeness (QED) is 0.510. The minimum atomic E-state index is 0.0347. The second-order valence-corrected chi connectivity index (χ2v) is 8.24. The minimum absolute atomic E-state index is 0.0347. The Bertz CT molecular complexity index is 1280. The van der Waals surface area contributed by atoms with E-state index in [1.165, 1.54) is 5.56 Å². The zero-order valence-electron chi connectivity index (χ0n) is 18.0. The minimum Gasteiger partial charge on any atom is -0.508 e. The first-order valence-electron chi connectivity index (χ1n) is 10.9. The summed E-state index contributed by atoms with van der Waals surface area (Å²) in [7, 11) is 0. The topological polar surface area (TPSA) is 56.7 Å². The largest absolute Gasteiger partial charge is 0.508 e. The normalized spacial score (nSPS) is 14.0. The van der Waals surface area contributed by atoms with Crippen molar-refractivity contribution in [2.24, 2.45) is 0 Å². The lowest BCUT2D eigenvalue weighted by atomic mass is 10.0. The first-order chi connectivity index (χ1) is 15.6. The van der Waals surface area contributed by atoms with Gasteiger partial charge in [0.1, 0.15) is 5.75 Å². The molecule has 0 radical (unpaired) electrons. The number of fused-ring (bicyclic) bond motifs is 1. The van der Waals surface area contributed by atoms with E-state index in [1.54, 1.807) is 12.1 Å². The zero-order valence-corrected chi connectivity index (χ0v) is 18.0. The maximum Gasteiger partial charge on any atom is 0.254 e. The smallest absolute Gasteiger partial charge is 0.254 e. The molecule has 1 aromatic heterocycles. The summed E-state index contributed by atoms with van der Waals surface area (Å²) in [5.41, 5.74) is 5.50. The SMILES string of the molecule is Cc1ccc(-c2cc(C(=O)N3CCN(c4cccc(O)c4)CC3)c3ccccc3n2)cc1. The van der Waals surface area contributed by atoms with Crippen LogP contribution in [0.5, 0.6) is 5.75 Å². The summed E-state index contributed by atoms with van der Waals surface area (Å²) < 4.78 is 0. The molecule has 0 saturated carbocycles. The van der Waals surface area contributed by atoms with E-state index in [1.807, 2.05) is 47.4 Å². The van der Waals surface area contributed by atoms with Gasteiger partial charge in [0, 0.05) is 48.9 Å². The molecule has 0 aliphatic carbocycles. The maximum atomic E-state index is 13.6. The van der Waals surface area contributed by atoms with Gasteiger partial charge >= 0.3 is 0 Å². The van der Waals surface area contributed by atoms with Crippen LogP contribution in [0.2, 0.25) is 0 Å². The molecule has 0 bridgehead atoms. The summed E-state index contributed by atoms with van der Waals surface area (Å²) >= 11 is 0. The molecule has 5 rings (SSSR count). The molecule has 4 aromatic rings. The van der Waals surface area contributed by atoms with Crippen LogP contribution in [0.15, 0.2) is 78.9 Å². The van der Waals surface area contributed by atoms with Crippen LogP contribution in [0, 0.1) is 6.92 Å². The number of piperazine rings is 1. The van der Waals surface area contributed by atoms with E-state index in [-0.39, 0.29) is 11.7 Å². The summed E-state index contributed by atoms with van der Waals surface area (Å²) in [6.45, 7) is 4.77. The van der Waals surface area contributed by atoms with Crippen LogP contribution in [0.3, 0.4) is 0 Å². The fourth-order valence-corrected chi connectivity index (χ4v) is 4.25. The highest BCUT2D eigenvalue weighted by Gasteiger charge is 2.24. The van der Waals surface area contributed by atoms with Crippen molar-refractivity contribution in [2.45, 2.75) is 6.92 Å². The van der Waals surface area contributed by atoms with Crippen molar-refractivity contribution in [3.05, 3.63) is 90.0 Å². The molecule has 32 heavy (non-hydrogen) atoms. The van der Waals surface area contributed by atoms with Crippen LogP contribution in [-0.2, 0) is 0 Å². The third-order valence-corrected chi connectivity index (χ3v) is 6.06. The summed E-state index contributed by atoms with van der Waals surface area (Å²) in [5, 5.41) is 10.6. The van der Waals surface area contributed by atoms with Crippen molar-refractivity contribution in [1.29, 1.82) is 0 Å². The van der Waals surface area contributed by atoms with Gasteiger partial charge < -0.3 is 14.9 Å². The average Bonchev–Trinajstić information content (AvgIpc) is 2.83. The number of benzene rings is 3. The number of anilines is 1. The van der Waals surface area contributed by atoms with Crippen molar-refractivity contribution in [2.75, 3.05) is 31.1 Å². The molecular weight excluding hydrogens is 398 g/mol. The Labute approximate surface area is 187 Å². The average molecular weight is 424 g/mol. The number of phenolic OH excluding ortho intramolecular Hbond substituents is 1. The number of nitrogens with zero attached hydrogens (tertiary/aromatic N) is 3. The lowest BCUT2D eigenvalue weighted by molar-refractivity contribution is 0.0748. The van der Waals surface area contributed by atoms with Gasteiger partial charge in [-0.05, 0) is 31.2 Å². The molecule has 5 nitrogen and oxygen atoms in total. The van der Waals surface area contributed by atoms with Gasteiger partial charge in [0.05, 0.1) is 16.8 Å². The number of phenols is 1. The van der Waals surface area contributed by atoms with E-state index >= 15 is 0 Å². The highest BCUT2D eigenvalue weighted by molar-refractivity contribution is 6.07. The maximum absolute atomic E-state index is 13.6. The Morgan fingerprint density at radius 2 is 1.62 bits per heavy atom. The Morgan fingerprint density at radius 3 is 2.38 bits per heavy atom. The Hall–Kier alpha value is -3.86. The summed E-state index contributed by atoms with van der Waals surface area (Å²) in [5.74, 6) is 0.292. The number of para-hydroxylation sites is 1. The van der Waals surface area contributed by atoms with Gasteiger partial charge in [-0.1, -0.05) is 54.1 Å². The number of aryl methyl sites for hydroxylation is 1. The van der Waals surface area contributed by atoms with Crippen LogP contribution in [0.25, 0.3) is 22.2 Å². The van der Waals surface area contributed by atoms with Crippen LogP contribution < -0.4 is 4.90 Å². The van der Waals surface area contributed by atoms with Crippen LogP contribution in [0.1, 0.15) is 15.9 Å². The van der Waals surface area contributed by atoms with Crippen molar-refractivity contribution < 1.29 is 9.90 Å². The standard InChI is InChI=1S/C27H25N3O2/c1-19-9-11-20(12-10-19)26-18-24(23-7-2-3-8-25(23)28-26)27(32)30-15-13-29(14-16-30)21-5-4-6-22(31)17-21/h2-12,17-18,31H,13-16H2,1H3. The Morgan fingerprint density at radius 1 is 0.875 bits per heavy atom. The third kappa shape index (κ3) is 3.89. The molecule has 1 N–H and O–H groups in total. The lowest BCUT2D eigenvalue weighted by Gasteiger charge is -2.36. The number of carbonyl (C=O) groups is 1. The number of pyridine rings is 1. The first-order valence-corrected chi connectivity index (χ1v) is 10.9. The molecule has 1 fully saturated rings. The van der Waals surface area contributed by atoms with Crippen LogP contribution in [-0.4, -0.2) is 47.1 Å². The van der Waals surface area contributed by atoms with Gasteiger partial charge in [-0.15, -0.1) is 0 Å². The molecule has 1 amide bonds. The number of carbonyl (C=O) groups excluding carboxylic acids is 1. The predicted molar refractivity (Wildman–Crippen MR) is 128 cm³/mol. The number of rotatable bonds is 3. The van der Waals surface area contributed by atoms with E-state index in [2.05, 4.69) is 36.1 Å². The third-order valence-electron chi connectivity index (χ3n) is 6.06. The molecule has 0 unspecified atom stereocenters. The lowest BCUT2D eigenvalue weighted by Crippen LogP contribution is -2.48. The predicted octanol–water partition coefficient (Wildman–Crippen LogP) is 4.88. The van der Waals surface area contributed by atoms with Crippen molar-refractivity contribution in [3.63, 3.8) is 0 Å². The Kier molecular flexibility index (Phi) is 5.23. The zero-order chi connectivity index (χ0) is 22.1. The van der Waals surface area contributed by atoms with Crippen LogP contribution >= 0.6 is 0 Å². The summed E-state index contributed by atoms with van der Waals surface area (Å²) in [6, 6.07) is 25.3. The van der Waals surface area contributed by atoms with Gasteiger partial charge in [0.25, 0.3) is 5.91 Å². The fraction of sp³-hybridized carbons (Fsp3) is 0.185. The van der Waals surface area contributed by atoms with Gasteiger partial charge in [-0.3, -0.25) is 4.79 Å².